The third kappa shape index (κ3) is 4.69. The minimum absolute atomic E-state index is 0.156. The molecule has 1 aromatic rings. The Bertz CT molecular complexity index is 440. The van der Waals surface area contributed by atoms with Crippen LogP contribution >= 0.6 is 11.6 Å². The minimum atomic E-state index is -0.156. The highest BCUT2D eigenvalue weighted by Gasteiger charge is 2.29. The topological polar surface area (TPSA) is 12.0 Å². The van der Waals surface area contributed by atoms with Crippen LogP contribution < -0.4 is 5.32 Å². The van der Waals surface area contributed by atoms with Crippen molar-refractivity contribution in [3.63, 3.8) is 0 Å². The Hall–Kier alpha value is -0.600. The number of hydrogen-bond acceptors (Lipinski definition) is 1. The Kier molecular flexibility index (Phi) is 6.07. The summed E-state index contributed by atoms with van der Waals surface area (Å²) in [4.78, 5) is 0. The zero-order valence-electron chi connectivity index (χ0n) is 13.3. The summed E-state index contributed by atoms with van der Waals surface area (Å²) in [7, 11) is 0. The van der Waals surface area contributed by atoms with Crippen molar-refractivity contribution in [2.75, 3.05) is 6.54 Å². The maximum atomic E-state index is 14.0. The van der Waals surface area contributed by atoms with Crippen LogP contribution in [-0.2, 0) is 6.42 Å². The summed E-state index contributed by atoms with van der Waals surface area (Å²) in [5.74, 6) is 1.72. The Labute approximate surface area is 133 Å². The molecule has 3 atom stereocenters. The van der Waals surface area contributed by atoms with E-state index in [2.05, 4.69) is 26.1 Å². The molecule has 1 aliphatic rings. The van der Waals surface area contributed by atoms with Crippen LogP contribution in [0.15, 0.2) is 18.2 Å². The van der Waals surface area contributed by atoms with Gasteiger partial charge in [0, 0.05) is 16.6 Å². The van der Waals surface area contributed by atoms with Crippen molar-refractivity contribution in [1.82, 2.24) is 5.32 Å². The van der Waals surface area contributed by atoms with Crippen LogP contribution in [0.5, 0.6) is 0 Å². The average molecular weight is 312 g/mol. The molecule has 1 saturated carbocycles. The largest absolute Gasteiger partial charge is 0.314 e. The maximum Gasteiger partial charge on any atom is 0.127 e. The smallest absolute Gasteiger partial charge is 0.127 e. The van der Waals surface area contributed by atoms with E-state index in [0.29, 0.717) is 28.5 Å². The molecule has 0 amide bonds. The van der Waals surface area contributed by atoms with Crippen LogP contribution in [-0.4, -0.2) is 12.6 Å². The number of halogens is 2. The first-order valence-corrected chi connectivity index (χ1v) is 8.51. The van der Waals surface area contributed by atoms with Gasteiger partial charge < -0.3 is 5.32 Å². The molecule has 0 aliphatic heterocycles. The lowest BCUT2D eigenvalue weighted by Gasteiger charge is -2.36. The van der Waals surface area contributed by atoms with Gasteiger partial charge in [0.2, 0.25) is 0 Å². The lowest BCUT2D eigenvalue weighted by Crippen LogP contribution is -2.36. The first-order valence-electron chi connectivity index (χ1n) is 8.13. The van der Waals surface area contributed by atoms with Crippen LogP contribution in [0.25, 0.3) is 0 Å². The number of benzene rings is 1. The van der Waals surface area contributed by atoms with E-state index in [1.54, 1.807) is 12.1 Å². The van der Waals surface area contributed by atoms with E-state index in [-0.39, 0.29) is 5.82 Å². The van der Waals surface area contributed by atoms with Crippen LogP contribution in [0.4, 0.5) is 4.39 Å². The normalized spacial score (nSPS) is 26.3. The van der Waals surface area contributed by atoms with Crippen LogP contribution in [0, 0.1) is 23.6 Å². The zero-order chi connectivity index (χ0) is 15.4. The highest BCUT2D eigenvalue weighted by Crippen LogP contribution is 2.37. The second kappa shape index (κ2) is 7.60. The minimum Gasteiger partial charge on any atom is -0.314 e. The fourth-order valence-corrected chi connectivity index (χ4v) is 3.70. The summed E-state index contributed by atoms with van der Waals surface area (Å²) in [5.41, 5.74) is 0.702. The van der Waals surface area contributed by atoms with Crippen molar-refractivity contribution in [2.45, 2.75) is 52.5 Å². The Morgan fingerprint density at radius 3 is 2.71 bits per heavy atom. The highest BCUT2D eigenvalue weighted by atomic mass is 35.5. The van der Waals surface area contributed by atoms with Crippen molar-refractivity contribution in [3.8, 4) is 0 Å². The summed E-state index contributed by atoms with van der Waals surface area (Å²) in [5, 5.41) is 4.12. The molecular weight excluding hydrogens is 285 g/mol. The van der Waals surface area contributed by atoms with Crippen molar-refractivity contribution in [3.05, 3.63) is 34.6 Å². The standard InChI is InChI=1S/C18H27ClFN/c1-12(2)21-11-14-8-7-13(3)9-15(14)10-16-17(19)5-4-6-18(16)20/h4-6,12-15,21H,7-11H2,1-3H3. The first kappa shape index (κ1) is 16.8. The molecule has 0 saturated heterocycles. The lowest BCUT2D eigenvalue weighted by atomic mass is 9.72. The van der Waals surface area contributed by atoms with Gasteiger partial charge in [0.25, 0.3) is 0 Å². The predicted molar refractivity (Wildman–Crippen MR) is 88.2 cm³/mol. The fraction of sp³-hybridized carbons (Fsp3) is 0.667. The van der Waals surface area contributed by atoms with E-state index < -0.39 is 0 Å². The zero-order valence-corrected chi connectivity index (χ0v) is 14.1. The Morgan fingerprint density at radius 1 is 1.29 bits per heavy atom. The second-order valence-electron chi connectivity index (χ2n) is 6.91. The van der Waals surface area contributed by atoms with Gasteiger partial charge in [-0.3, -0.25) is 0 Å². The summed E-state index contributed by atoms with van der Waals surface area (Å²) >= 11 is 6.20. The molecule has 3 heteroatoms. The third-order valence-corrected chi connectivity index (χ3v) is 5.07. The highest BCUT2D eigenvalue weighted by molar-refractivity contribution is 6.31. The number of nitrogens with one attached hydrogen (secondary N) is 1. The second-order valence-corrected chi connectivity index (χ2v) is 7.31. The maximum absolute atomic E-state index is 14.0. The molecule has 1 aromatic carbocycles. The quantitative estimate of drug-likeness (QED) is 0.800. The predicted octanol–water partition coefficient (Wildman–Crippen LogP) is 5.07. The third-order valence-electron chi connectivity index (χ3n) is 4.72. The SMILES string of the molecule is CC1CCC(CNC(C)C)C(Cc2c(F)cccc2Cl)C1. The molecule has 0 heterocycles. The molecule has 1 nitrogen and oxygen atoms in total. The molecule has 2 rings (SSSR count). The molecule has 0 spiro atoms. The van der Waals surface area contributed by atoms with Crippen LogP contribution in [0.3, 0.4) is 0 Å². The van der Waals surface area contributed by atoms with Crippen molar-refractivity contribution in [1.29, 1.82) is 0 Å². The summed E-state index contributed by atoms with van der Waals surface area (Å²) in [6.07, 6.45) is 4.46. The average Bonchev–Trinajstić information content (AvgIpc) is 2.42. The molecule has 0 bridgehead atoms. The molecule has 3 unspecified atom stereocenters. The molecule has 21 heavy (non-hydrogen) atoms. The first-order chi connectivity index (χ1) is 9.97. The summed E-state index contributed by atoms with van der Waals surface area (Å²) in [6, 6.07) is 5.51. The van der Waals surface area contributed by atoms with Crippen molar-refractivity contribution >= 4 is 11.6 Å². The van der Waals surface area contributed by atoms with E-state index in [4.69, 9.17) is 11.6 Å². The van der Waals surface area contributed by atoms with Gasteiger partial charge in [-0.15, -0.1) is 0 Å². The monoisotopic (exact) mass is 311 g/mol. The number of hydrogen-bond donors (Lipinski definition) is 1. The van der Waals surface area contributed by atoms with Gasteiger partial charge in [0.15, 0.2) is 0 Å². The van der Waals surface area contributed by atoms with Crippen molar-refractivity contribution in [2.24, 2.45) is 17.8 Å². The molecular formula is C18H27ClFN. The lowest BCUT2D eigenvalue weighted by molar-refractivity contribution is 0.180. The molecule has 0 radical (unpaired) electrons. The van der Waals surface area contributed by atoms with Crippen LogP contribution in [0.1, 0.15) is 45.6 Å². The van der Waals surface area contributed by atoms with Gasteiger partial charge in [-0.05, 0) is 55.7 Å². The van der Waals surface area contributed by atoms with Crippen molar-refractivity contribution < 1.29 is 4.39 Å². The van der Waals surface area contributed by atoms with E-state index in [1.165, 1.54) is 25.3 Å². The Morgan fingerprint density at radius 2 is 2.05 bits per heavy atom. The van der Waals surface area contributed by atoms with E-state index in [9.17, 15) is 4.39 Å². The molecule has 118 valence electrons. The fourth-order valence-electron chi connectivity index (χ4n) is 3.46. The molecule has 1 N–H and O–H groups in total. The van der Waals surface area contributed by atoms with E-state index in [1.807, 2.05) is 0 Å². The number of rotatable bonds is 5. The molecule has 1 fully saturated rings. The van der Waals surface area contributed by atoms with Crippen LogP contribution in [0.2, 0.25) is 5.02 Å². The van der Waals surface area contributed by atoms with E-state index >= 15 is 0 Å². The van der Waals surface area contributed by atoms with E-state index in [0.717, 1.165) is 18.9 Å². The summed E-state index contributed by atoms with van der Waals surface area (Å²) in [6.45, 7) is 7.69. The summed E-state index contributed by atoms with van der Waals surface area (Å²) < 4.78 is 14.0. The molecule has 1 aliphatic carbocycles. The van der Waals surface area contributed by atoms with Gasteiger partial charge >= 0.3 is 0 Å². The Balaban J connectivity index is 2.09. The molecule has 0 aromatic heterocycles. The van der Waals surface area contributed by atoms with Gasteiger partial charge in [-0.25, -0.2) is 4.39 Å². The van der Waals surface area contributed by atoms with Gasteiger partial charge in [-0.1, -0.05) is 44.9 Å². The van der Waals surface area contributed by atoms with Gasteiger partial charge in [-0.2, -0.15) is 0 Å². The van der Waals surface area contributed by atoms with Gasteiger partial charge in [0.1, 0.15) is 5.82 Å². The van der Waals surface area contributed by atoms with Gasteiger partial charge in [0.05, 0.1) is 0 Å².